The lowest BCUT2D eigenvalue weighted by molar-refractivity contribution is -0.152. The van der Waals surface area contributed by atoms with Gasteiger partial charge in [0.05, 0.1) is 12.2 Å². The van der Waals surface area contributed by atoms with Gasteiger partial charge < -0.3 is 19.3 Å². The topological polar surface area (TPSA) is 85.4 Å². The molecule has 44 heavy (non-hydrogen) atoms. The first-order chi connectivity index (χ1) is 21.4. The Morgan fingerprint density at radius 2 is 1.23 bits per heavy atom. The monoisotopic (exact) mass is 618 g/mol. The van der Waals surface area contributed by atoms with Gasteiger partial charge in [0, 0.05) is 12.8 Å². The predicted octanol–water partition coefficient (Wildman–Crippen LogP) is 9.74. The molecule has 1 fully saturated rings. The van der Waals surface area contributed by atoms with E-state index in [-0.39, 0.29) is 25.2 Å². The van der Waals surface area contributed by atoms with Gasteiger partial charge in [0.2, 0.25) is 0 Å². The Kier molecular flexibility index (Phi) is 26.0. The summed E-state index contributed by atoms with van der Waals surface area (Å²) < 4.78 is 16.0. The van der Waals surface area contributed by atoms with E-state index in [0.717, 1.165) is 50.9 Å². The normalized spacial score (nSPS) is 17.3. The van der Waals surface area contributed by atoms with Crippen LogP contribution >= 0.6 is 0 Å². The second-order valence-corrected chi connectivity index (χ2v) is 12.9. The predicted molar refractivity (Wildman–Crippen MR) is 181 cm³/mol. The summed E-state index contributed by atoms with van der Waals surface area (Å²) in [4.78, 5) is 23.8. The van der Waals surface area contributed by atoms with E-state index >= 15 is 0 Å². The van der Waals surface area contributed by atoms with Gasteiger partial charge in [-0.3, -0.25) is 9.59 Å². The minimum Gasteiger partial charge on any atom is -0.463 e. The van der Waals surface area contributed by atoms with Crippen molar-refractivity contribution in [3.8, 4) is 0 Å². The summed E-state index contributed by atoms with van der Waals surface area (Å²) in [7, 11) is 0. The minimum absolute atomic E-state index is 0.135. The first-order valence-electron chi connectivity index (χ1n) is 18.0. The molecule has 0 amide bonds. The molecule has 254 valence electrons. The number of allylic oxidation sites excluding steroid dienone is 5. The van der Waals surface area contributed by atoms with Crippen LogP contribution in [0.1, 0.15) is 156 Å². The average molecular weight is 619 g/mol. The lowest BCUT2D eigenvalue weighted by atomic mass is 10.0. The van der Waals surface area contributed by atoms with Crippen LogP contribution in [-0.2, 0) is 23.8 Å². The molecule has 0 radical (unpaired) electrons. The Labute approximate surface area is 270 Å². The van der Waals surface area contributed by atoms with Crippen LogP contribution in [0.4, 0.5) is 0 Å². The van der Waals surface area contributed by atoms with Gasteiger partial charge in [-0.2, -0.15) is 0 Å². The third kappa shape index (κ3) is 26.5. The van der Waals surface area contributed by atoms with E-state index in [1.807, 2.05) is 0 Å². The zero-order chi connectivity index (χ0) is 32.1. The Balaban J connectivity index is 1.88. The number of carbonyl (C=O) groups is 2. The first-order valence-corrected chi connectivity index (χ1v) is 18.0. The zero-order valence-corrected chi connectivity index (χ0v) is 28.5. The smallest absolute Gasteiger partial charge is 0.305 e. The molecule has 1 heterocycles. The van der Waals surface area contributed by atoms with Gasteiger partial charge >= 0.3 is 11.9 Å². The molecule has 6 heteroatoms. The molecule has 1 N–H and O–H groups in total. The number of epoxide rings is 1. The number of ether oxygens (including phenoxy) is 3. The number of unbranched alkanes of at least 4 members (excludes halogenated alkanes) is 11. The Morgan fingerprint density at radius 3 is 1.84 bits per heavy atom. The molecule has 0 aromatic carbocycles. The third-order valence-corrected chi connectivity index (χ3v) is 7.98. The molecule has 1 aliphatic rings. The van der Waals surface area contributed by atoms with Crippen LogP contribution in [0, 0.1) is 5.92 Å². The van der Waals surface area contributed by atoms with Crippen LogP contribution in [0.25, 0.3) is 0 Å². The van der Waals surface area contributed by atoms with E-state index in [0.29, 0.717) is 31.5 Å². The molecule has 1 rings (SSSR count). The van der Waals surface area contributed by atoms with Crippen molar-refractivity contribution in [1.82, 2.24) is 0 Å². The van der Waals surface area contributed by atoms with Gasteiger partial charge in [-0.1, -0.05) is 134 Å². The molecular formula is C38H66O6. The van der Waals surface area contributed by atoms with Gasteiger partial charge in [-0.05, 0) is 50.9 Å². The zero-order valence-electron chi connectivity index (χ0n) is 28.5. The number of aliphatic hydroxyl groups is 1. The highest BCUT2D eigenvalue weighted by Crippen LogP contribution is 2.30. The molecule has 3 atom stereocenters. The van der Waals surface area contributed by atoms with Gasteiger partial charge in [0.1, 0.15) is 19.3 Å². The van der Waals surface area contributed by atoms with E-state index in [9.17, 15) is 14.7 Å². The van der Waals surface area contributed by atoms with Crippen molar-refractivity contribution in [2.24, 2.45) is 5.92 Å². The summed E-state index contributed by atoms with van der Waals surface area (Å²) in [5.74, 6) is 0.178. The van der Waals surface area contributed by atoms with Crippen molar-refractivity contribution < 1.29 is 28.9 Å². The van der Waals surface area contributed by atoms with Crippen LogP contribution in [0.2, 0.25) is 0 Å². The van der Waals surface area contributed by atoms with Gasteiger partial charge in [0.25, 0.3) is 0 Å². The lowest BCUT2D eigenvalue weighted by Crippen LogP contribution is -2.25. The van der Waals surface area contributed by atoms with Gasteiger partial charge in [-0.25, -0.2) is 0 Å². The fraction of sp³-hybridized carbons (Fsp3) is 0.789. The quantitative estimate of drug-likeness (QED) is 0.0373. The molecule has 1 saturated heterocycles. The van der Waals surface area contributed by atoms with E-state index in [4.69, 9.17) is 14.2 Å². The number of carbonyl (C=O) groups excluding carboxylic acids is 2. The van der Waals surface area contributed by atoms with Crippen molar-refractivity contribution in [2.75, 3.05) is 13.2 Å². The molecule has 0 aliphatic carbocycles. The van der Waals surface area contributed by atoms with Crippen LogP contribution in [0.15, 0.2) is 36.5 Å². The van der Waals surface area contributed by atoms with Crippen molar-refractivity contribution in [3.05, 3.63) is 36.5 Å². The third-order valence-electron chi connectivity index (χ3n) is 7.98. The summed E-state index contributed by atoms with van der Waals surface area (Å²) in [5, 5.41) is 9.97. The standard InChI is InChI=1S/C38H66O6/c1-4-5-21-27-35-36(44-35)28-23-18-14-10-6-7-11-15-19-24-29-37(40)42-31-34(39)32-43-38(41)30-25-20-16-12-8-9-13-17-22-26-33(2)3/h6,10-11,15,18,23,33-36,39H,4-5,7-9,12-14,16-17,19-22,24-32H2,1-3H3/b10-6-,15-11-,23-18-/t34-,35?,36?/m0/s1. The average Bonchev–Trinajstić information content (AvgIpc) is 3.76. The molecular weight excluding hydrogens is 552 g/mol. The minimum atomic E-state index is -0.987. The summed E-state index contributed by atoms with van der Waals surface area (Å²) in [5.41, 5.74) is 0. The van der Waals surface area contributed by atoms with Crippen molar-refractivity contribution in [3.63, 3.8) is 0 Å². The van der Waals surface area contributed by atoms with E-state index in [1.165, 1.54) is 70.6 Å². The highest BCUT2D eigenvalue weighted by molar-refractivity contribution is 5.69. The molecule has 0 aromatic rings. The summed E-state index contributed by atoms with van der Waals surface area (Å²) in [6, 6.07) is 0. The fourth-order valence-corrected chi connectivity index (χ4v) is 5.12. The van der Waals surface area contributed by atoms with Crippen LogP contribution < -0.4 is 0 Å². The SMILES string of the molecule is CCCCCC1OC1C/C=C\C/C=C\C/C=C\CCCC(=O)OC[C@H](O)COC(=O)CCCCCCCCCCCC(C)C. The molecule has 0 bridgehead atoms. The Morgan fingerprint density at radius 1 is 0.682 bits per heavy atom. The van der Waals surface area contributed by atoms with Gasteiger partial charge in [0.15, 0.2) is 0 Å². The first kappa shape index (κ1) is 40.1. The molecule has 2 unspecified atom stereocenters. The van der Waals surface area contributed by atoms with Crippen molar-refractivity contribution >= 4 is 11.9 Å². The molecule has 1 aliphatic heterocycles. The maximum atomic E-state index is 11.9. The summed E-state index contributed by atoms with van der Waals surface area (Å²) in [6.45, 7) is 6.52. The van der Waals surface area contributed by atoms with Crippen molar-refractivity contribution in [1.29, 1.82) is 0 Å². The van der Waals surface area contributed by atoms with Gasteiger partial charge in [-0.15, -0.1) is 0 Å². The maximum Gasteiger partial charge on any atom is 0.305 e. The van der Waals surface area contributed by atoms with Crippen LogP contribution in [0.5, 0.6) is 0 Å². The van der Waals surface area contributed by atoms with E-state index in [1.54, 1.807) is 0 Å². The van der Waals surface area contributed by atoms with Crippen LogP contribution in [-0.4, -0.2) is 48.6 Å². The lowest BCUT2D eigenvalue weighted by Gasteiger charge is -2.12. The number of esters is 2. The Bertz CT molecular complexity index is 786. The summed E-state index contributed by atoms with van der Waals surface area (Å²) >= 11 is 0. The number of hydrogen-bond acceptors (Lipinski definition) is 6. The van der Waals surface area contributed by atoms with Crippen molar-refractivity contribution in [2.45, 2.75) is 174 Å². The van der Waals surface area contributed by atoms with Crippen LogP contribution in [0.3, 0.4) is 0 Å². The maximum absolute atomic E-state index is 11.9. The highest BCUT2D eigenvalue weighted by Gasteiger charge is 2.36. The molecule has 6 nitrogen and oxygen atoms in total. The highest BCUT2D eigenvalue weighted by atomic mass is 16.6. The number of hydrogen-bond donors (Lipinski definition) is 1. The summed E-state index contributed by atoms with van der Waals surface area (Å²) in [6.07, 6.45) is 35.2. The van der Waals surface area contributed by atoms with E-state index < -0.39 is 6.10 Å². The number of aliphatic hydroxyl groups excluding tert-OH is 1. The second-order valence-electron chi connectivity index (χ2n) is 12.9. The molecule has 0 spiro atoms. The second kappa shape index (κ2) is 28.5. The fourth-order valence-electron chi connectivity index (χ4n) is 5.12. The molecule has 0 aromatic heterocycles. The molecule has 0 saturated carbocycles. The number of rotatable bonds is 30. The largest absolute Gasteiger partial charge is 0.463 e. The Hall–Kier alpha value is -1.92. The van der Waals surface area contributed by atoms with E-state index in [2.05, 4.69) is 57.2 Å².